The molecule has 432 valence electrons. The van der Waals surface area contributed by atoms with Gasteiger partial charge in [-0.25, -0.2) is 49.3 Å². The molecule has 0 saturated carbocycles. The van der Waals surface area contributed by atoms with E-state index in [4.69, 9.17) is 24.1 Å². The largest absolute Gasteiger partial charge is 0.497 e. The Morgan fingerprint density at radius 1 is 0.435 bits per heavy atom. The molecular weight excluding hydrogens is 1230 g/mol. The number of halogens is 1. The number of aromatic nitrogens is 8. The number of amides is 1. The Morgan fingerprint density at radius 3 is 1.14 bits per heavy atom. The summed E-state index contributed by atoms with van der Waals surface area (Å²) in [7, 11) is 12.6. The molecule has 0 radical (unpaired) electrons. The van der Waals surface area contributed by atoms with E-state index in [0.717, 1.165) is 95.4 Å². The summed E-state index contributed by atoms with van der Waals surface area (Å²) in [5, 5.41) is 11.4. The molecule has 0 bridgehead atoms. The third-order valence-electron chi connectivity index (χ3n) is 11.7. The van der Waals surface area contributed by atoms with Crippen LogP contribution >= 0.6 is 61.3 Å². The zero-order valence-corrected chi connectivity index (χ0v) is 51.4. The van der Waals surface area contributed by atoms with Crippen molar-refractivity contribution < 1.29 is 52.7 Å². The molecule has 0 spiro atoms. The quantitative estimate of drug-likeness (QED) is 0.118. The number of pyridine rings is 4. The third kappa shape index (κ3) is 16.0. The summed E-state index contributed by atoms with van der Waals surface area (Å²) in [6.45, 7) is 0. The van der Waals surface area contributed by atoms with Gasteiger partial charge in [0.25, 0.3) is 5.91 Å². The molecule has 1 amide bonds. The Bertz CT molecular complexity index is 4260. The average Bonchev–Trinajstić information content (AvgIpc) is 3.30. The van der Waals surface area contributed by atoms with Crippen molar-refractivity contribution in [3.8, 4) is 54.7 Å². The number of ether oxygens (including phenoxy) is 6. The van der Waals surface area contributed by atoms with Gasteiger partial charge in [-0.3, -0.25) is 9.78 Å². The van der Waals surface area contributed by atoms with Gasteiger partial charge < -0.3 is 38.4 Å². The topological polar surface area (TPSA) is 250 Å². The van der Waals surface area contributed by atoms with E-state index in [1.807, 2.05) is 90.4 Å². The summed E-state index contributed by atoms with van der Waals surface area (Å²) in [6, 6.07) is 36.8. The van der Waals surface area contributed by atoms with E-state index in [0.29, 0.717) is 11.4 Å². The molecule has 12 aromatic rings. The number of esters is 2. The van der Waals surface area contributed by atoms with Crippen LogP contribution < -0.4 is 18.9 Å². The molecular formula is C60H50BrN9O11S4. The minimum Gasteiger partial charge on any atom is -0.497 e. The smallest absolute Gasteiger partial charge is 0.356 e. The number of carbonyl (C=O) groups excluding carboxylic acids is 3. The molecule has 0 aliphatic carbocycles. The van der Waals surface area contributed by atoms with Crippen LogP contribution in [0.15, 0.2) is 156 Å². The molecule has 0 atom stereocenters. The lowest BCUT2D eigenvalue weighted by atomic mass is 10.2. The fraction of sp³-hybridized carbons (Fsp3) is 0.133. The Balaban J connectivity index is 0.000000142. The molecule has 1 N–H and O–H groups in total. The Hall–Kier alpha value is -9.40. The number of methoxy groups -OCH3 is 6. The number of carbonyl (C=O) groups is 4. The Kier molecular flexibility index (Phi) is 21.2. The van der Waals surface area contributed by atoms with Crippen molar-refractivity contribution in [1.29, 1.82) is 0 Å². The van der Waals surface area contributed by atoms with Gasteiger partial charge in [-0.1, -0.05) is 0 Å². The Labute approximate surface area is 510 Å². The van der Waals surface area contributed by atoms with Gasteiger partial charge in [-0.05, 0) is 113 Å². The normalized spacial score (nSPS) is 10.4. The SMILES string of the molecule is COC(=O)c1ccc(-c2nc3cc(OC)ccc3s2)cn1.COC(=O)c1ccc(Br)cn1.COc1ccc2sc(-c3ccc(C(=O)N(C)C)nc3)nc2c1.COc1ccc2sc(-c3ccc(C(=O)O)nc3)nc2c1.COc1ccc2scnc2c1. The first-order chi connectivity index (χ1) is 41.1. The fourth-order valence-corrected chi connectivity index (χ4v) is 11.0. The van der Waals surface area contributed by atoms with Gasteiger partial charge in [0.15, 0.2) is 0 Å². The lowest BCUT2D eigenvalue weighted by molar-refractivity contribution is 0.0585. The van der Waals surface area contributed by atoms with Crippen molar-refractivity contribution in [2.75, 3.05) is 56.8 Å². The van der Waals surface area contributed by atoms with Crippen molar-refractivity contribution in [3.63, 3.8) is 0 Å². The summed E-state index contributed by atoms with van der Waals surface area (Å²) in [5.74, 6) is 1.17. The molecule has 0 aliphatic heterocycles. The highest BCUT2D eigenvalue weighted by molar-refractivity contribution is 9.10. The molecule has 0 aliphatic rings. The van der Waals surface area contributed by atoms with Crippen LogP contribution in [0.3, 0.4) is 0 Å². The van der Waals surface area contributed by atoms with Crippen LogP contribution in [0.1, 0.15) is 42.0 Å². The van der Waals surface area contributed by atoms with Crippen LogP contribution in [-0.4, -0.2) is 130 Å². The fourth-order valence-electron chi connectivity index (χ4n) is 7.31. The predicted octanol–water partition coefficient (Wildman–Crippen LogP) is 13.2. The molecule has 0 unspecified atom stereocenters. The standard InChI is InChI=1S/C16H15N3O2S.C15H12N2O3S.C14H10N2O3S.C8H7NOS.C7H6BrNO2/c1-19(2)16(20)12-6-4-10(9-17-12)15-18-13-8-11(21-3)5-7-14(13)22-15;1-19-10-4-6-13-12(7-10)17-14(21-13)9-3-5-11(16-8-9)15(18)20-2;1-19-9-3-5-12-11(6-9)16-13(20-12)8-2-4-10(14(17)18)15-7-8;1-10-6-2-3-8-7(4-6)9-5-11-8;1-11-7(10)6-3-2-5(8)4-9-6/h4-9H,1-3H3;3-8H,1-2H3;2-7H,1H3,(H,17,18);2-5H,1H3;2-4H,1H3. The van der Waals surface area contributed by atoms with Gasteiger partial charge in [0.05, 0.1) is 89.0 Å². The molecule has 8 aromatic heterocycles. The highest BCUT2D eigenvalue weighted by Gasteiger charge is 2.15. The van der Waals surface area contributed by atoms with E-state index in [-0.39, 0.29) is 17.3 Å². The minimum atomic E-state index is -1.04. The van der Waals surface area contributed by atoms with Gasteiger partial charge in [-0.2, -0.15) is 0 Å². The monoisotopic (exact) mass is 1280 g/mol. The van der Waals surface area contributed by atoms with E-state index in [9.17, 15) is 19.2 Å². The summed E-state index contributed by atoms with van der Waals surface area (Å²) in [6.07, 6.45) is 6.39. The second kappa shape index (κ2) is 29.2. The number of carboxylic acid groups (broad SMARTS) is 1. The summed E-state index contributed by atoms with van der Waals surface area (Å²) in [4.78, 5) is 80.2. The number of hydrogen-bond donors (Lipinski definition) is 1. The number of rotatable bonds is 11. The maximum atomic E-state index is 11.8. The van der Waals surface area contributed by atoms with Crippen LogP contribution in [0.4, 0.5) is 0 Å². The number of carboxylic acids is 1. The molecule has 20 nitrogen and oxygen atoms in total. The van der Waals surface area contributed by atoms with Crippen LogP contribution in [-0.2, 0) is 9.47 Å². The van der Waals surface area contributed by atoms with Crippen LogP contribution in [0.25, 0.3) is 72.6 Å². The number of benzene rings is 4. The van der Waals surface area contributed by atoms with Crippen molar-refractivity contribution >= 4 is 126 Å². The molecule has 8 heterocycles. The number of fused-ring (bicyclic) bond motifs is 4. The maximum absolute atomic E-state index is 11.8. The second-order valence-corrected chi connectivity index (χ2v) is 22.3. The van der Waals surface area contributed by atoms with Gasteiger partial charge in [0, 0.05) is 84.3 Å². The third-order valence-corrected chi connectivity index (χ3v) is 16.2. The minimum absolute atomic E-state index is 0.0246. The van der Waals surface area contributed by atoms with Gasteiger partial charge in [-0.15, -0.1) is 45.3 Å². The van der Waals surface area contributed by atoms with Gasteiger partial charge >= 0.3 is 17.9 Å². The molecule has 25 heteroatoms. The zero-order valence-electron chi connectivity index (χ0n) is 46.5. The molecule has 0 saturated heterocycles. The van der Waals surface area contributed by atoms with Crippen molar-refractivity contribution in [3.05, 3.63) is 179 Å². The van der Waals surface area contributed by atoms with Crippen molar-refractivity contribution in [2.45, 2.75) is 0 Å². The number of thiazole rings is 4. The maximum Gasteiger partial charge on any atom is 0.356 e. The zero-order chi connectivity index (χ0) is 60.6. The van der Waals surface area contributed by atoms with Gasteiger partial charge in [0.1, 0.15) is 60.8 Å². The van der Waals surface area contributed by atoms with E-state index < -0.39 is 17.9 Å². The Morgan fingerprint density at radius 2 is 0.800 bits per heavy atom. The highest BCUT2D eigenvalue weighted by atomic mass is 79.9. The van der Waals surface area contributed by atoms with Gasteiger partial charge in [0.2, 0.25) is 0 Å². The van der Waals surface area contributed by atoms with Crippen LogP contribution in [0.2, 0.25) is 0 Å². The van der Waals surface area contributed by atoms with E-state index in [2.05, 4.69) is 65.3 Å². The molecule has 12 rings (SSSR count). The molecule has 4 aromatic carbocycles. The van der Waals surface area contributed by atoms with E-state index in [1.54, 1.807) is 125 Å². The van der Waals surface area contributed by atoms with Crippen LogP contribution in [0.5, 0.6) is 23.0 Å². The van der Waals surface area contributed by atoms with Crippen molar-refractivity contribution in [2.24, 2.45) is 0 Å². The number of nitrogens with zero attached hydrogens (tertiary/aromatic N) is 9. The predicted molar refractivity (Wildman–Crippen MR) is 334 cm³/mol. The first-order valence-corrected chi connectivity index (χ1v) is 29.1. The van der Waals surface area contributed by atoms with E-state index >= 15 is 0 Å². The summed E-state index contributed by atoms with van der Waals surface area (Å²) in [5.41, 5.74) is 9.09. The summed E-state index contributed by atoms with van der Waals surface area (Å²) < 4.78 is 35.0. The van der Waals surface area contributed by atoms with Crippen LogP contribution in [0, 0.1) is 0 Å². The summed E-state index contributed by atoms with van der Waals surface area (Å²) >= 11 is 9.53. The average molecular weight is 1280 g/mol. The molecule has 0 fully saturated rings. The molecule has 85 heavy (non-hydrogen) atoms. The van der Waals surface area contributed by atoms with E-state index in [1.165, 1.54) is 47.4 Å². The lowest BCUT2D eigenvalue weighted by Gasteiger charge is -2.09. The van der Waals surface area contributed by atoms with Crippen molar-refractivity contribution in [1.82, 2.24) is 44.8 Å². The lowest BCUT2D eigenvalue weighted by Crippen LogP contribution is -2.22. The number of hydrogen-bond acceptors (Lipinski definition) is 22. The first-order valence-electron chi connectivity index (χ1n) is 24.9. The first kappa shape index (κ1) is 61.7. The highest BCUT2D eigenvalue weighted by Crippen LogP contribution is 2.35. The second-order valence-electron chi connectivity index (χ2n) is 17.4. The number of aromatic carboxylic acids is 1.